The van der Waals surface area contributed by atoms with Crippen molar-refractivity contribution in [3.05, 3.63) is 17.3 Å². The van der Waals surface area contributed by atoms with E-state index >= 15 is 0 Å². The zero-order chi connectivity index (χ0) is 12.8. The van der Waals surface area contributed by atoms with Gasteiger partial charge in [-0.05, 0) is 0 Å². The Hall–Kier alpha value is -2.42. The monoisotopic (exact) mass is 255 g/mol. The van der Waals surface area contributed by atoms with Gasteiger partial charge in [0.15, 0.2) is 5.13 Å². The van der Waals surface area contributed by atoms with Crippen LogP contribution in [0.25, 0.3) is 5.57 Å². The number of aliphatic carboxylic acids is 1. The number of carbonyl (C=O) groups excluding carboxylic acids is 1. The molecule has 1 radical (unpaired) electrons. The number of carbonyl (C=O) groups is 2. The third-order valence-corrected chi connectivity index (χ3v) is 2.10. The number of thiazole rings is 1. The van der Waals surface area contributed by atoms with Gasteiger partial charge in [0, 0.05) is 5.38 Å². The minimum Gasteiger partial charge on any atom is -0.477 e. The minimum atomic E-state index is -1.28. The zero-order valence-corrected chi connectivity index (χ0v) is 9.10. The topological polar surface area (TPSA) is 139 Å². The molecule has 0 atom stereocenters. The minimum absolute atomic E-state index is 0.132. The van der Waals surface area contributed by atoms with Crippen LogP contribution in [0.2, 0.25) is 0 Å². The average Bonchev–Trinajstić information content (AvgIpc) is 2.63. The van der Waals surface area contributed by atoms with Crippen LogP contribution in [0.1, 0.15) is 5.69 Å². The van der Waals surface area contributed by atoms with Crippen molar-refractivity contribution >= 4 is 40.1 Å². The van der Waals surface area contributed by atoms with Crippen molar-refractivity contribution in [1.82, 2.24) is 10.7 Å². The fourth-order valence-electron chi connectivity index (χ4n) is 0.793. The highest BCUT2D eigenvalue weighted by molar-refractivity contribution is 7.13. The molecule has 1 aromatic rings. The largest absolute Gasteiger partial charge is 0.477 e. The van der Waals surface area contributed by atoms with Gasteiger partial charge in [-0.15, -0.1) is 11.3 Å². The molecular weight excluding hydrogens is 248 g/mol. The number of nitrogens with two attached hydrogens (primary N) is 1. The van der Waals surface area contributed by atoms with Crippen LogP contribution >= 0.6 is 11.3 Å². The van der Waals surface area contributed by atoms with Gasteiger partial charge in [0.1, 0.15) is 18.0 Å². The summed E-state index contributed by atoms with van der Waals surface area (Å²) in [7, 11) is 0. The lowest BCUT2D eigenvalue weighted by Gasteiger charge is -1.96. The number of oxime groups is 1. The molecule has 0 unspecified atom stereocenters. The second kappa shape index (κ2) is 5.61. The molecule has 0 aromatic carbocycles. The number of carboxylic acids is 1. The lowest BCUT2D eigenvalue weighted by molar-refractivity contribution is -0.130. The van der Waals surface area contributed by atoms with Crippen molar-refractivity contribution in [1.29, 1.82) is 0 Å². The Morgan fingerprint density at radius 1 is 1.65 bits per heavy atom. The van der Waals surface area contributed by atoms with Gasteiger partial charge in [-0.25, -0.2) is 9.78 Å². The number of hydrogen-bond acceptors (Lipinski definition) is 7. The standard InChI is InChI=1S/C8H7N4O4S/c9-6(13)1-11-16-2-4(7(14)15)5-3-17-8(10)12-5/h1-3,9H,(H2,10,12)(H,14,15). The fraction of sp³-hybridized carbons (Fsp3) is 0. The Morgan fingerprint density at radius 3 is 2.82 bits per heavy atom. The van der Waals surface area contributed by atoms with Crippen molar-refractivity contribution in [2.24, 2.45) is 5.16 Å². The second-order valence-electron chi connectivity index (χ2n) is 2.61. The number of anilines is 1. The first-order valence-electron chi connectivity index (χ1n) is 4.10. The van der Waals surface area contributed by atoms with Gasteiger partial charge in [-0.3, -0.25) is 10.5 Å². The lowest BCUT2D eigenvalue weighted by atomic mass is 10.2. The second-order valence-corrected chi connectivity index (χ2v) is 3.50. The Bertz CT molecular complexity index is 493. The Morgan fingerprint density at radius 2 is 2.35 bits per heavy atom. The molecule has 8 nitrogen and oxygen atoms in total. The van der Waals surface area contributed by atoms with E-state index in [0.29, 0.717) is 6.21 Å². The number of amides is 1. The van der Waals surface area contributed by atoms with Crippen LogP contribution in [-0.4, -0.2) is 28.2 Å². The molecule has 0 bridgehead atoms. The highest BCUT2D eigenvalue weighted by Crippen LogP contribution is 2.19. The summed E-state index contributed by atoms with van der Waals surface area (Å²) in [5.41, 5.74) is 11.7. The van der Waals surface area contributed by atoms with Crippen LogP contribution in [0.3, 0.4) is 0 Å². The Labute approximate surface area is 99.2 Å². The summed E-state index contributed by atoms with van der Waals surface area (Å²) >= 11 is 1.08. The van der Waals surface area contributed by atoms with Crippen LogP contribution in [0, 0.1) is 0 Å². The van der Waals surface area contributed by atoms with Crippen LogP contribution in [0.15, 0.2) is 16.8 Å². The number of nitrogens with zero attached hydrogens (tertiary/aromatic N) is 2. The maximum Gasteiger partial charge on any atom is 0.341 e. The number of nitrogen functional groups attached to an aromatic ring is 1. The molecule has 0 aliphatic rings. The van der Waals surface area contributed by atoms with Crippen molar-refractivity contribution < 1.29 is 19.5 Å². The van der Waals surface area contributed by atoms with E-state index in [1.165, 1.54) is 5.38 Å². The summed E-state index contributed by atoms with van der Waals surface area (Å²) in [6, 6.07) is 0. The van der Waals surface area contributed by atoms with Crippen molar-refractivity contribution in [3.63, 3.8) is 0 Å². The summed E-state index contributed by atoms with van der Waals surface area (Å²) in [6.45, 7) is 0. The molecule has 9 heteroatoms. The molecule has 0 aliphatic carbocycles. The van der Waals surface area contributed by atoms with Crippen LogP contribution in [0.5, 0.6) is 0 Å². The third kappa shape index (κ3) is 3.91. The van der Waals surface area contributed by atoms with E-state index < -0.39 is 11.9 Å². The van der Waals surface area contributed by atoms with Gasteiger partial charge in [0.2, 0.25) is 0 Å². The van der Waals surface area contributed by atoms with E-state index in [4.69, 9.17) is 16.6 Å². The van der Waals surface area contributed by atoms with Gasteiger partial charge in [-0.2, -0.15) is 0 Å². The average molecular weight is 255 g/mol. The van der Waals surface area contributed by atoms with Gasteiger partial charge in [0.25, 0.3) is 5.91 Å². The molecule has 89 valence electrons. The van der Waals surface area contributed by atoms with E-state index in [1.54, 1.807) is 0 Å². The van der Waals surface area contributed by atoms with Crippen molar-refractivity contribution in [2.75, 3.05) is 5.73 Å². The molecule has 1 rings (SSSR count). The first-order valence-corrected chi connectivity index (χ1v) is 4.98. The molecule has 0 saturated carbocycles. The highest BCUT2D eigenvalue weighted by atomic mass is 32.1. The summed E-state index contributed by atoms with van der Waals surface area (Å²) in [4.78, 5) is 29.2. The quantitative estimate of drug-likeness (QED) is 0.327. The first kappa shape index (κ1) is 12.6. The summed E-state index contributed by atoms with van der Waals surface area (Å²) in [5, 5.41) is 13.6. The van der Waals surface area contributed by atoms with Crippen LogP contribution in [-0.2, 0) is 14.4 Å². The molecule has 0 fully saturated rings. The number of nitrogens with one attached hydrogen (secondary N) is 1. The third-order valence-electron chi connectivity index (χ3n) is 1.43. The maximum absolute atomic E-state index is 10.9. The summed E-state index contributed by atoms with van der Waals surface area (Å²) < 4.78 is 0. The predicted molar refractivity (Wildman–Crippen MR) is 59.8 cm³/mol. The zero-order valence-electron chi connectivity index (χ0n) is 8.28. The number of rotatable bonds is 5. The Kier molecular flexibility index (Phi) is 4.17. The molecule has 17 heavy (non-hydrogen) atoms. The molecule has 0 saturated heterocycles. The summed E-state index contributed by atoms with van der Waals surface area (Å²) in [5.74, 6) is -2.34. The van der Waals surface area contributed by atoms with E-state index in [1.807, 2.05) is 0 Å². The maximum atomic E-state index is 10.9. The normalized spacial score (nSPS) is 11.6. The smallest absolute Gasteiger partial charge is 0.341 e. The van der Waals surface area contributed by atoms with Crippen molar-refractivity contribution in [3.8, 4) is 0 Å². The number of carboxylic acid groups (broad SMARTS) is 1. The van der Waals surface area contributed by atoms with Gasteiger partial charge in [0.05, 0.1) is 5.69 Å². The number of hydrogen-bond donors (Lipinski definition) is 2. The molecule has 0 spiro atoms. The highest BCUT2D eigenvalue weighted by Gasteiger charge is 2.14. The Balaban J connectivity index is 2.83. The molecular formula is C8H7N4O4S. The summed E-state index contributed by atoms with van der Waals surface area (Å²) in [6.07, 6.45) is 1.39. The van der Waals surface area contributed by atoms with Gasteiger partial charge < -0.3 is 15.7 Å². The van der Waals surface area contributed by atoms with Gasteiger partial charge in [-0.1, -0.05) is 5.16 Å². The van der Waals surface area contributed by atoms with Crippen LogP contribution < -0.4 is 11.5 Å². The predicted octanol–water partition coefficient (Wildman–Crippen LogP) is -0.0373. The molecule has 1 heterocycles. The molecule has 0 aliphatic heterocycles. The lowest BCUT2D eigenvalue weighted by Crippen LogP contribution is -2.01. The van der Waals surface area contributed by atoms with E-state index in [2.05, 4.69) is 15.0 Å². The number of aromatic nitrogens is 1. The van der Waals surface area contributed by atoms with E-state index in [0.717, 1.165) is 17.6 Å². The molecule has 4 N–H and O–H groups in total. The van der Waals surface area contributed by atoms with Crippen LogP contribution in [0.4, 0.5) is 5.13 Å². The SMILES string of the molecule is [NH]C(=O)C=NOC=C(C(=O)O)c1csc(N)n1. The first-order chi connectivity index (χ1) is 8.00. The van der Waals surface area contributed by atoms with Gasteiger partial charge >= 0.3 is 5.97 Å². The molecule has 1 amide bonds. The fourth-order valence-corrected chi connectivity index (χ4v) is 1.36. The molecule has 1 aromatic heterocycles. The van der Waals surface area contributed by atoms with Crippen molar-refractivity contribution in [2.45, 2.75) is 0 Å². The van der Waals surface area contributed by atoms with E-state index in [-0.39, 0.29) is 16.4 Å². The van der Waals surface area contributed by atoms with E-state index in [9.17, 15) is 9.59 Å².